The molecule has 9 heteroatoms. The van der Waals surface area contributed by atoms with Gasteiger partial charge in [0.15, 0.2) is 11.0 Å². The summed E-state index contributed by atoms with van der Waals surface area (Å²) in [5, 5.41) is 21.5. The van der Waals surface area contributed by atoms with E-state index in [-0.39, 0.29) is 11.7 Å². The highest BCUT2D eigenvalue weighted by Crippen LogP contribution is 2.23. The minimum Gasteiger partial charge on any atom is -0.305 e. The third-order valence-electron chi connectivity index (χ3n) is 3.62. The lowest BCUT2D eigenvalue weighted by Gasteiger charge is -2.04. The number of aryl methyl sites for hydroxylation is 2. The van der Waals surface area contributed by atoms with Gasteiger partial charge in [0.25, 0.3) is 0 Å². The molecular formula is C17H20N6OS2. The van der Waals surface area contributed by atoms with Crippen LogP contribution in [-0.4, -0.2) is 36.6 Å². The van der Waals surface area contributed by atoms with Gasteiger partial charge < -0.3 is 4.57 Å². The van der Waals surface area contributed by atoms with Gasteiger partial charge in [0, 0.05) is 19.0 Å². The average molecular weight is 389 g/mol. The topological polar surface area (TPSA) is 85.6 Å². The molecule has 2 heterocycles. The fourth-order valence-corrected chi connectivity index (χ4v) is 3.95. The zero-order valence-corrected chi connectivity index (χ0v) is 16.5. The first-order valence-corrected chi connectivity index (χ1v) is 10.1. The highest BCUT2D eigenvalue weighted by Gasteiger charge is 2.14. The van der Waals surface area contributed by atoms with E-state index >= 15 is 0 Å². The maximum Gasteiger partial charge on any atom is 0.236 e. The maximum atomic E-state index is 12.1. The zero-order chi connectivity index (χ0) is 18.5. The Bertz CT molecular complexity index is 904. The number of hydrogen-bond donors (Lipinski definition) is 1. The normalized spacial score (nSPS) is 10.9. The summed E-state index contributed by atoms with van der Waals surface area (Å²) in [5.74, 6) is 0.891. The van der Waals surface area contributed by atoms with Crippen molar-refractivity contribution in [3.63, 3.8) is 0 Å². The van der Waals surface area contributed by atoms with E-state index in [1.165, 1.54) is 28.7 Å². The molecule has 2 aromatic heterocycles. The van der Waals surface area contributed by atoms with Crippen LogP contribution in [-0.2, 0) is 18.3 Å². The first-order chi connectivity index (χ1) is 12.6. The van der Waals surface area contributed by atoms with Crippen molar-refractivity contribution in [1.82, 2.24) is 25.0 Å². The number of nitrogens with zero attached hydrogens (tertiary/aromatic N) is 5. The number of carbonyl (C=O) groups excluding carboxylic acids is 1. The van der Waals surface area contributed by atoms with Gasteiger partial charge in [-0.05, 0) is 19.4 Å². The van der Waals surface area contributed by atoms with Gasteiger partial charge in [-0.3, -0.25) is 10.1 Å². The lowest BCUT2D eigenvalue weighted by atomic mass is 10.1. The molecule has 1 aromatic carbocycles. The van der Waals surface area contributed by atoms with Crippen LogP contribution in [0.25, 0.3) is 11.4 Å². The SMILES string of the molecule is CCCc1nnc(NC(=O)CSc2nnc(-c3cccc(C)c3)n2C)s1. The summed E-state index contributed by atoms with van der Waals surface area (Å²) >= 11 is 2.76. The van der Waals surface area contributed by atoms with Crippen LogP contribution in [0.1, 0.15) is 23.9 Å². The van der Waals surface area contributed by atoms with E-state index in [4.69, 9.17) is 0 Å². The van der Waals surface area contributed by atoms with Crippen molar-refractivity contribution in [2.24, 2.45) is 7.05 Å². The number of carbonyl (C=O) groups is 1. The molecule has 26 heavy (non-hydrogen) atoms. The first-order valence-electron chi connectivity index (χ1n) is 8.28. The largest absolute Gasteiger partial charge is 0.305 e. The Hall–Kier alpha value is -2.26. The van der Waals surface area contributed by atoms with E-state index in [2.05, 4.69) is 38.7 Å². The summed E-state index contributed by atoms with van der Waals surface area (Å²) in [7, 11) is 1.90. The second-order valence-corrected chi connectivity index (χ2v) is 7.83. The van der Waals surface area contributed by atoms with Crippen LogP contribution in [0, 0.1) is 6.92 Å². The van der Waals surface area contributed by atoms with Crippen molar-refractivity contribution in [2.75, 3.05) is 11.1 Å². The van der Waals surface area contributed by atoms with Crippen molar-refractivity contribution in [1.29, 1.82) is 0 Å². The highest BCUT2D eigenvalue weighted by atomic mass is 32.2. The summed E-state index contributed by atoms with van der Waals surface area (Å²) in [6, 6.07) is 8.10. The Morgan fingerprint density at radius 3 is 2.88 bits per heavy atom. The fourth-order valence-electron chi connectivity index (χ4n) is 2.38. The summed E-state index contributed by atoms with van der Waals surface area (Å²) < 4.78 is 1.90. The smallest absolute Gasteiger partial charge is 0.236 e. The Labute approximate surface area is 160 Å². The molecular weight excluding hydrogens is 368 g/mol. The Morgan fingerprint density at radius 2 is 2.12 bits per heavy atom. The summed E-state index contributed by atoms with van der Waals surface area (Å²) in [5.41, 5.74) is 2.17. The molecule has 1 amide bonds. The molecule has 0 bridgehead atoms. The zero-order valence-electron chi connectivity index (χ0n) is 14.9. The second kappa shape index (κ2) is 8.41. The molecule has 3 rings (SSSR count). The predicted molar refractivity (Wildman–Crippen MR) is 104 cm³/mol. The average Bonchev–Trinajstić information content (AvgIpc) is 3.20. The van der Waals surface area contributed by atoms with E-state index in [9.17, 15) is 4.79 Å². The monoisotopic (exact) mass is 388 g/mol. The summed E-state index contributed by atoms with van der Waals surface area (Å²) in [6.07, 6.45) is 1.89. The molecule has 0 aliphatic carbocycles. The molecule has 0 saturated carbocycles. The van der Waals surface area contributed by atoms with Crippen LogP contribution in [0.4, 0.5) is 5.13 Å². The Morgan fingerprint density at radius 1 is 1.27 bits per heavy atom. The van der Waals surface area contributed by atoms with Crippen molar-refractivity contribution >= 4 is 34.1 Å². The molecule has 0 atom stereocenters. The van der Waals surface area contributed by atoms with Crippen molar-refractivity contribution in [3.8, 4) is 11.4 Å². The third kappa shape index (κ3) is 4.47. The molecule has 0 aliphatic heterocycles. The molecule has 0 spiro atoms. The summed E-state index contributed by atoms with van der Waals surface area (Å²) in [4.78, 5) is 12.1. The molecule has 136 valence electrons. The molecule has 0 radical (unpaired) electrons. The second-order valence-electron chi connectivity index (χ2n) is 5.82. The molecule has 7 nitrogen and oxygen atoms in total. The fraction of sp³-hybridized carbons (Fsp3) is 0.353. The molecule has 0 saturated heterocycles. The number of benzene rings is 1. The molecule has 1 N–H and O–H groups in total. The third-order valence-corrected chi connectivity index (χ3v) is 5.54. The Kier molecular flexibility index (Phi) is 6.00. The number of rotatable bonds is 7. The standard InChI is InChI=1S/C17H20N6OS2/c1-4-6-14-19-21-16(26-14)18-13(24)10-25-17-22-20-15(23(17)3)12-8-5-7-11(2)9-12/h5,7-9H,4,6,10H2,1-3H3,(H,18,21,24). The lowest BCUT2D eigenvalue weighted by Crippen LogP contribution is -2.14. The van der Waals surface area contributed by atoms with Crippen molar-refractivity contribution < 1.29 is 4.79 Å². The predicted octanol–water partition coefficient (Wildman–Crippen LogP) is 3.33. The first kappa shape index (κ1) is 18.5. The van der Waals surface area contributed by atoms with Gasteiger partial charge in [0.05, 0.1) is 5.75 Å². The Balaban J connectivity index is 1.60. The van der Waals surface area contributed by atoms with E-state index in [1.807, 2.05) is 36.7 Å². The minimum atomic E-state index is -0.130. The van der Waals surface area contributed by atoms with E-state index in [0.29, 0.717) is 10.3 Å². The molecule has 0 aliphatic rings. The highest BCUT2D eigenvalue weighted by molar-refractivity contribution is 7.99. The van der Waals surface area contributed by atoms with Crippen LogP contribution < -0.4 is 5.32 Å². The van der Waals surface area contributed by atoms with Crippen LogP contribution in [0.15, 0.2) is 29.4 Å². The lowest BCUT2D eigenvalue weighted by molar-refractivity contribution is -0.113. The van der Waals surface area contributed by atoms with Crippen LogP contribution >= 0.6 is 23.1 Å². The van der Waals surface area contributed by atoms with Gasteiger partial charge in [0.2, 0.25) is 11.0 Å². The van der Waals surface area contributed by atoms with Crippen LogP contribution in [0.3, 0.4) is 0 Å². The van der Waals surface area contributed by atoms with Gasteiger partial charge >= 0.3 is 0 Å². The number of thioether (sulfide) groups is 1. The van der Waals surface area contributed by atoms with Crippen LogP contribution in [0.2, 0.25) is 0 Å². The van der Waals surface area contributed by atoms with Crippen molar-refractivity contribution in [2.45, 2.75) is 31.8 Å². The number of anilines is 1. The van der Waals surface area contributed by atoms with Crippen molar-refractivity contribution in [3.05, 3.63) is 34.8 Å². The molecule has 0 fully saturated rings. The van der Waals surface area contributed by atoms with Crippen LogP contribution in [0.5, 0.6) is 0 Å². The molecule has 3 aromatic rings. The van der Waals surface area contributed by atoms with E-state index < -0.39 is 0 Å². The summed E-state index contributed by atoms with van der Waals surface area (Å²) in [6.45, 7) is 4.13. The van der Waals surface area contributed by atoms with E-state index in [0.717, 1.165) is 29.2 Å². The quantitative estimate of drug-likeness (QED) is 0.625. The number of aromatic nitrogens is 5. The van der Waals surface area contributed by atoms with Gasteiger partial charge in [-0.15, -0.1) is 20.4 Å². The number of hydrogen-bond acceptors (Lipinski definition) is 7. The van der Waals surface area contributed by atoms with Gasteiger partial charge in [-0.2, -0.15) is 0 Å². The minimum absolute atomic E-state index is 0.130. The van der Waals surface area contributed by atoms with E-state index in [1.54, 1.807) is 0 Å². The number of amides is 1. The maximum absolute atomic E-state index is 12.1. The van der Waals surface area contributed by atoms with Gasteiger partial charge in [-0.1, -0.05) is 53.8 Å². The number of nitrogens with one attached hydrogen (secondary N) is 1. The van der Waals surface area contributed by atoms with Gasteiger partial charge in [-0.25, -0.2) is 0 Å². The molecule has 0 unspecified atom stereocenters. The van der Waals surface area contributed by atoms with Gasteiger partial charge in [0.1, 0.15) is 5.01 Å².